The van der Waals surface area contributed by atoms with Crippen LogP contribution < -0.4 is 10.6 Å². The number of carbonyl (C=O) groups is 1. The maximum Gasteiger partial charge on any atom is 0.251 e. The smallest absolute Gasteiger partial charge is 0.251 e. The quantitative estimate of drug-likeness (QED) is 0.843. The second kappa shape index (κ2) is 7.05. The van der Waals surface area contributed by atoms with Crippen LogP contribution in [-0.4, -0.2) is 36.0 Å². The lowest BCUT2D eigenvalue weighted by molar-refractivity contribution is 0.0939. The molecule has 1 aromatic carbocycles. The SMILES string of the molecule is CC(C)N(CCNC(=O)c1ccc2c(c1)CNC2)C(C)C. The van der Waals surface area contributed by atoms with Gasteiger partial charge in [0, 0.05) is 43.8 Å². The lowest BCUT2D eigenvalue weighted by Crippen LogP contribution is -2.42. The molecule has 1 aromatic rings. The molecule has 0 bridgehead atoms. The zero-order valence-electron chi connectivity index (χ0n) is 13.6. The number of benzene rings is 1. The highest BCUT2D eigenvalue weighted by Gasteiger charge is 2.15. The van der Waals surface area contributed by atoms with Crippen molar-refractivity contribution < 1.29 is 4.79 Å². The number of carbonyl (C=O) groups excluding carboxylic acids is 1. The van der Waals surface area contributed by atoms with E-state index in [-0.39, 0.29) is 5.91 Å². The zero-order chi connectivity index (χ0) is 15.4. The van der Waals surface area contributed by atoms with E-state index in [1.807, 2.05) is 12.1 Å². The molecular weight excluding hydrogens is 262 g/mol. The molecule has 1 aliphatic heterocycles. The summed E-state index contributed by atoms with van der Waals surface area (Å²) in [6.07, 6.45) is 0. The Labute approximate surface area is 127 Å². The number of hydrogen-bond acceptors (Lipinski definition) is 3. The second-order valence-corrected chi connectivity index (χ2v) is 6.27. The first-order valence-corrected chi connectivity index (χ1v) is 7.85. The highest BCUT2D eigenvalue weighted by Crippen LogP contribution is 2.16. The largest absolute Gasteiger partial charge is 0.351 e. The van der Waals surface area contributed by atoms with E-state index in [4.69, 9.17) is 0 Å². The number of hydrogen-bond donors (Lipinski definition) is 2. The van der Waals surface area contributed by atoms with E-state index in [2.05, 4.69) is 49.3 Å². The first kappa shape index (κ1) is 16.0. The van der Waals surface area contributed by atoms with E-state index in [1.54, 1.807) is 0 Å². The maximum absolute atomic E-state index is 12.2. The van der Waals surface area contributed by atoms with Gasteiger partial charge in [0.25, 0.3) is 5.91 Å². The highest BCUT2D eigenvalue weighted by molar-refractivity contribution is 5.94. The van der Waals surface area contributed by atoms with Gasteiger partial charge in [0.15, 0.2) is 0 Å². The summed E-state index contributed by atoms with van der Waals surface area (Å²) in [4.78, 5) is 14.6. The summed E-state index contributed by atoms with van der Waals surface area (Å²) < 4.78 is 0. The van der Waals surface area contributed by atoms with Gasteiger partial charge in [-0.1, -0.05) is 6.07 Å². The van der Waals surface area contributed by atoms with E-state index in [1.165, 1.54) is 11.1 Å². The Balaban J connectivity index is 1.87. The highest BCUT2D eigenvalue weighted by atomic mass is 16.1. The van der Waals surface area contributed by atoms with Crippen molar-refractivity contribution in [2.75, 3.05) is 13.1 Å². The Kier molecular flexibility index (Phi) is 5.37. The Hall–Kier alpha value is -1.39. The molecule has 0 fully saturated rings. The van der Waals surface area contributed by atoms with Crippen molar-refractivity contribution in [1.82, 2.24) is 15.5 Å². The molecule has 0 unspecified atom stereocenters. The minimum Gasteiger partial charge on any atom is -0.351 e. The molecule has 0 aromatic heterocycles. The summed E-state index contributed by atoms with van der Waals surface area (Å²) in [5, 5.41) is 6.33. The number of rotatable bonds is 6. The normalized spacial score (nSPS) is 14.0. The molecule has 0 saturated heterocycles. The minimum atomic E-state index is 0.0252. The van der Waals surface area contributed by atoms with Gasteiger partial charge in [0.2, 0.25) is 0 Å². The van der Waals surface area contributed by atoms with Crippen LogP contribution in [0.15, 0.2) is 18.2 Å². The van der Waals surface area contributed by atoms with Gasteiger partial charge < -0.3 is 10.6 Å². The molecule has 2 rings (SSSR count). The van der Waals surface area contributed by atoms with Crippen molar-refractivity contribution in [3.8, 4) is 0 Å². The van der Waals surface area contributed by atoms with Gasteiger partial charge in [-0.2, -0.15) is 0 Å². The predicted octanol–water partition coefficient (Wildman–Crippen LogP) is 2.14. The summed E-state index contributed by atoms with van der Waals surface area (Å²) >= 11 is 0. The van der Waals surface area contributed by atoms with Crippen molar-refractivity contribution >= 4 is 5.91 Å². The van der Waals surface area contributed by atoms with Gasteiger partial charge >= 0.3 is 0 Å². The molecular formula is C17H27N3O. The fourth-order valence-electron chi connectivity index (χ4n) is 2.95. The first-order chi connectivity index (χ1) is 9.99. The monoisotopic (exact) mass is 289 g/mol. The standard InChI is InChI=1S/C17H27N3O/c1-12(2)20(13(3)4)8-7-19-17(21)14-5-6-15-10-18-11-16(15)9-14/h5-6,9,12-13,18H,7-8,10-11H2,1-4H3,(H,19,21). The number of nitrogens with zero attached hydrogens (tertiary/aromatic N) is 1. The molecule has 0 atom stereocenters. The van der Waals surface area contributed by atoms with Crippen LogP contribution in [0.2, 0.25) is 0 Å². The topological polar surface area (TPSA) is 44.4 Å². The van der Waals surface area contributed by atoms with Gasteiger partial charge in [0.1, 0.15) is 0 Å². The van der Waals surface area contributed by atoms with Gasteiger partial charge in [-0.05, 0) is 51.0 Å². The average molecular weight is 289 g/mol. The zero-order valence-corrected chi connectivity index (χ0v) is 13.6. The van der Waals surface area contributed by atoms with Crippen LogP contribution in [-0.2, 0) is 13.1 Å². The number of fused-ring (bicyclic) bond motifs is 1. The van der Waals surface area contributed by atoms with E-state index in [9.17, 15) is 4.79 Å². The third-order valence-corrected chi connectivity index (χ3v) is 4.08. The lowest BCUT2D eigenvalue weighted by Gasteiger charge is -2.30. The van der Waals surface area contributed by atoms with Crippen LogP contribution in [0.25, 0.3) is 0 Å². The molecule has 2 N–H and O–H groups in total. The van der Waals surface area contributed by atoms with Crippen molar-refractivity contribution in [3.05, 3.63) is 34.9 Å². The van der Waals surface area contributed by atoms with Gasteiger partial charge in [-0.25, -0.2) is 0 Å². The Bertz CT molecular complexity index is 489. The summed E-state index contributed by atoms with van der Waals surface area (Å²) in [6, 6.07) is 6.97. The van der Waals surface area contributed by atoms with Gasteiger partial charge in [-0.15, -0.1) is 0 Å². The van der Waals surface area contributed by atoms with Crippen LogP contribution in [0.5, 0.6) is 0 Å². The molecule has 0 radical (unpaired) electrons. The molecule has 0 saturated carbocycles. The van der Waals surface area contributed by atoms with Gasteiger partial charge in [-0.3, -0.25) is 9.69 Å². The molecule has 0 spiro atoms. The third-order valence-electron chi connectivity index (χ3n) is 4.08. The molecule has 4 heteroatoms. The summed E-state index contributed by atoms with van der Waals surface area (Å²) in [5.41, 5.74) is 3.31. The van der Waals surface area contributed by atoms with E-state index >= 15 is 0 Å². The Morgan fingerprint density at radius 3 is 2.52 bits per heavy atom. The van der Waals surface area contributed by atoms with Crippen LogP contribution in [0, 0.1) is 0 Å². The molecule has 0 aliphatic carbocycles. The van der Waals surface area contributed by atoms with E-state index in [0.717, 1.165) is 25.2 Å². The van der Waals surface area contributed by atoms with E-state index < -0.39 is 0 Å². The first-order valence-electron chi connectivity index (χ1n) is 7.85. The molecule has 116 valence electrons. The minimum absolute atomic E-state index is 0.0252. The number of nitrogens with one attached hydrogen (secondary N) is 2. The van der Waals surface area contributed by atoms with Crippen molar-refractivity contribution in [1.29, 1.82) is 0 Å². The fourth-order valence-corrected chi connectivity index (χ4v) is 2.95. The van der Waals surface area contributed by atoms with Crippen LogP contribution in [0.1, 0.15) is 49.2 Å². The predicted molar refractivity (Wildman–Crippen MR) is 86.3 cm³/mol. The Morgan fingerprint density at radius 2 is 1.86 bits per heavy atom. The average Bonchev–Trinajstić information content (AvgIpc) is 2.89. The molecule has 21 heavy (non-hydrogen) atoms. The summed E-state index contributed by atoms with van der Waals surface area (Å²) in [6.45, 7) is 12.1. The van der Waals surface area contributed by atoms with Crippen molar-refractivity contribution in [2.45, 2.75) is 52.9 Å². The fraction of sp³-hybridized carbons (Fsp3) is 0.588. The van der Waals surface area contributed by atoms with Crippen molar-refractivity contribution in [2.24, 2.45) is 0 Å². The number of amides is 1. The Morgan fingerprint density at radius 1 is 1.19 bits per heavy atom. The third kappa shape index (κ3) is 4.05. The van der Waals surface area contributed by atoms with Crippen LogP contribution in [0.4, 0.5) is 0 Å². The molecule has 1 heterocycles. The lowest BCUT2D eigenvalue weighted by atomic mass is 10.1. The van der Waals surface area contributed by atoms with Crippen molar-refractivity contribution in [3.63, 3.8) is 0 Å². The van der Waals surface area contributed by atoms with Crippen LogP contribution >= 0.6 is 0 Å². The molecule has 4 nitrogen and oxygen atoms in total. The maximum atomic E-state index is 12.2. The van der Waals surface area contributed by atoms with Gasteiger partial charge in [0.05, 0.1) is 0 Å². The van der Waals surface area contributed by atoms with E-state index in [0.29, 0.717) is 18.6 Å². The summed E-state index contributed by atoms with van der Waals surface area (Å²) in [5.74, 6) is 0.0252. The summed E-state index contributed by atoms with van der Waals surface area (Å²) in [7, 11) is 0. The van der Waals surface area contributed by atoms with Crippen LogP contribution in [0.3, 0.4) is 0 Å². The molecule has 1 aliphatic rings. The molecule has 1 amide bonds. The second-order valence-electron chi connectivity index (χ2n) is 6.27.